The van der Waals surface area contributed by atoms with Crippen molar-refractivity contribution in [2.24, 2.45) is 4.99 Å². The van der Waals surface area contributed by atoms with E-state index >= 15 is 0 Å². The van der Waals surface area contributed by atoms with Crippen molar-refractivity contribution in [2.45, 2.75) is 27.7 Å². The third kappa shape index (κ3) is 3.73. The van der Waals surface area contributed by atoms with Crippen LogP contribution in [0.15, 0.2) is 23.2 Å². The molecule has 0 aliphatic heterocycles. The number of carbonyl (C=O) groups is 1. The quantitative estimate of drug-likeness (QED) is 0.658. The van der Waals surface area contributed by atoms with Crippen molar-refractivity contribution in [1.82, 2.24) is 10.6 Å². The lowest BCUT2D eigenvalue weighted by Crippen LogP contribution is -2.48. The van der Waals surface area contributed by atoms with E-state index in [1.165, 1.54) is 0 Å². The number of rotatable bonds is 3. The summed E-state index contributed by atoms with van der Waals surface area (Å²) in [5, 5.41) is 5.81. The highest BCUT2D eigenvalue weighted by molar-refractivity contribution is 6.04. The Balaban J connectivity index is 2.99. The maximum atomic E-state index is 12.4. The van der Waals surface area contributed by atoms with Gasteiger partial charge in [-0.3, -0.25) is 15.2 Å². The maximum absolute atomic E-state index is 12.4. The van der Waals surface area contributed by atoms with E-state index in [0.29, 0.717) is 19.0 Å². The van der Waals surface area contributed by atoms with Gasteiger partial charge in [0.15, 0.2) is 5.96 Å². The number of guanidine groups is 1. The number of hydrogen-bond donors (Lipinski definition) is 2. The van der Waals surface area contributed by atoms with Crippen molar-refractivity contribution < 1.29 is 4.79 Å². The Morgan fingerprint density at radius 3 is 2.30 bits per heavy atom. The molecule has 1 aromatic carbocycles. The van der Waals surface area contributed by atoms with Crippen molar-refractivity contribution >= 4 is 17.7 Å². The molecule has 0 saturated carbocycles. The van der Waals surface area contributed by atoms with Gasteiger partial charge < -0.3 is 5.32 Å². The summed E-state index contributed by atoms with van der Waals surface area (Å²) < 4.78 is 0. The van der Waals surface area contributed by atoms with Crippen LogP contribution < -0.4 is 15.5 Å². The lowest BCUT2D eigenvalue weighted by atomic mass is 10.1. The molecule has 0 fully saturated rings. The molecule has 0 saturated heterocycles. The smallest absolute Gasteiger partial charge is 0.328 e. The first-order valence-electron chi connectivity index (χ1n) is 6.90. The summed E-state index contributed by atoms with van der Waals surface area (Å²) in [6.45, 7) is 9.25. The van der Waals surface area contributed by atoms with Crippen molar-refractivity contribution in [3.8, 4) is 0 Å². The minimum atomic E-state index is -0.175. The molecule has 110 valence electrons. The average Bonchev–Trinajstić information content (AvgIpc) is 2.42. The van der Waals surface area contributed by atoms with Gasteiger partial charge in [-0.15, -0.1) is 0 Å². The number of aliphatic imine (C=N–C) groups is 1. The largest absolute Gasteiger partial charge is 0.356 e. The number of aryl methyl sites for hydroxylation is 2. The minimum absolute atomic E-state index is 0.175. The summed E-state index contributed by atoms with van der Waals surface area (Å²) in [6, 6.07) is 5.85. The number of nitrogens with one attached hydrogen (secondary N) is 2. The Bertz CT molecular complexity index is 476. The summed E-state index contributed by atoms with van der Waals surface area (Å²) in [6.07, 6.45) is 0. The number of nitrogens with zero attached hydrogens (tertiary/aromatic N) is 2. The van der Waals surface area contributed by atoms with Gasteiger partial charge in [0.1, 0.15) is 0 Å². The zero-order chi connectivity index (χ0) is 15.1. The highest BCUT2D eigenvalue weighted by Gasteiger charge is 2.18. The Labute approximate surface area is 121 Å². The Hall–Kier alpha value is -2.04. The van der Waals surface area contributed by atoms with Gasteiger partial charge in [0, 0.05) is 20.1 Å². The fourth-order valence-corrected chi connectivity index (χ4v) is 2.15. The molecule has 0 aromatic heterocycles. The van der Waals surface area contributed by atoms with Crippen LogP contribution in [0.3, 0.4) is 0 Å². The molecule has 0 bridgehead atoms. The van der Waals surface area contributed by atoms with Gasteiger partial charge in [-0.1, -0.05) is 18.2 Å². The van der Waals surface area contributed by atoms with Crippen molar-refractivity contribution in [3.63, 3.8) is 0 Å². The monoisotopic (exact) mass is 276 g/mol. The van der Waals surface area contributed by atoms with Gasteiger partial charge in [-0.25, -0.2) is 4.79 Å². The fourth-order valence-electron chi connectivity index (χ4n) is 2.15. The molecule has 0 spiro atoms. The van der Waals surface area contributed by atoms with E-state index in [-0.39, 0.29) is 6.03 Å². The molecular weight excluding hydrogens is 252 g/mol. The number of hydrogen-bond acceptors (Lipinski definition) is 2. The molecule has 0 unspecified atom stereocenters. The second-order valence-electron chi connectivity index (χ2n) is 4.52. The molecule has 0 heterocycles. The molecule has 2 N–H and O–H groups in total. The SMILES string of the molecule is CCNC(=NC)NC(=O)N(CC)c1c(C)cccc1C. The summed E-state index contributed by atoms with van der Waals surface area (Å²) in [7, 11) is 1.65. The van der Waals surface area contributed by atoms with E-state index in [9.17, 15) is 4.79 Å². The summed E-state index contributed by atoms with van der Waals surface area (Å²) >= 11 is 0. The van der Waals surface area contributed by atoms with Gasteiger partial charge in [-0.2, -0.15) is 0 Å². The molecule has 5 nitrogen and oxygen atoms in total. The van der Waals surface area contributed by atoms with Gasteiger partial charge in [0.05, 0.1) is 5.69 Å². The molecule has 0 atom stereocenters. The van der Waals surface area contributed by atoms with Gasteiger partial charge in [0.2, 0.25) is 0 Å². The molecule has 1 aromatic rings. The molecule has 0 aliphatic carbocycles. The number of para-hydroxylation sites is 1. The number of urea groups is 1. The first-order chi connectivity index (χ1) is 9.54. The highest BCUT2D eigenvalue weighted by atomic mass is 16.2. The van der Waals surface area contributed by atoms with Crippen LogP contribution in [0.4, 0.5) is 10.5 Å². The molecular formula is C15H24N4O. The minimum Gasteiger partial charge on any atom is -0.356 e. The van der Waals surface area contributed by atoms with Gasteiger partial charge >= 0.3 is 6.03 Å². The van der Waals surface area contributed by atoms with Gasteiger partial charge in [-0.05, 0) is 38.8 Å². The topological polar surface area (TPSA) is 56.7 Å². The van der Waals surface area contributed by atoms with E-state index in [1.54, 1.807) is 11.9 Å². The standard InChI is InChI=1S/C15H24N4O/c1-6-17-14(16-5)18-15(20)19(7-2)13-11(3)9-8-10-12(13)4/h8-10H,6-7H2,1-5H3,(H2,16,17,18,20). The lowest BCUT2D eigenvalue weighted by Gasteiger charge is -2.25. The van der Waals surface area contributed by atoms with E-state index in [1.807, 2.05) is 45.9 Å². The summed E-state index contributed by atoms with van der Waals surface area (Å²) in [5.41, 5.74) is 3.13. The predicted octanol–water partition coefficient (Wildman–Crippen LogP) is 2.43. The summed E-state index contributed by atoms with van der Waals surface area (Å²) in [4.78, 5) is 18.2. The number of amides is 2. The van der Waals surface area contributed by atoms with Crippen LogP contribution in [-0.2, 0) is 0 Å². The van der Waals surface area contributed by atoms with Crippen LogP contribution in [0.5, 0.6) is 0 Å². The van der Waals surface area contributed by atoms with E-state index in [4.69, 9.17) is 0 Å². The number of benzene rings is 1. The van der Waals surface area contributed by atoms with Crippen molar-refractivity contribution in [2.75, 3.05) is 25.0 Å². The third-order valence-electron chi connectivity index (χ3n) is 3.06. The van der Waals surface area contributed by atoms with Gasteiger partial charge in [0.25, 0.3) is 0 Å². The second kappa shape index (κ2) is 7.53. The Morgan fingerprint density at radius 1 is 1.25 bits per heavy atom. The zero-order valence-corrected chi connectivity index (χ0v) is 12.9. The van der Waals surface area contributed by atoms with E-state index in [2.05, 4.69) is 15.6 Å². The van der Waals surface area contributed by atoms with Crippen LogP contribution in [0, 0.1) is 13.8 Å². The fraction of sp³-hybridized carbons (Fsp3) is 0.467. The molecule has 0 radical (unpaired) electrons. The maximum Gasteiger partial charge on any atom is 0.328 e. The van der Waals surface area contributed by atoms with Crippen LogP contribution in [0.1, 0.15) is 25.0 Å². The van der Waals surface area contributed by atoms with Crippen molar-refractivity contribution in [3.05, 3.63) is 29.3 Å². The first-order valence-corrected chi connectivity index (χ1v) is 6.90. The molecule has 2 amide bonds. The highest BCUT2D eigenvalue weighted by Crippen LogP contribution is 2.24. The van der Waals surface area contributed by atoms with Crippen LogP contribution in [0.25, 0.3) is 0 Å². The Morgan fingerprint density at radius 2 is 1.85 bits per heavy atom. The van der Waals surface area contributed by atoms with Crippen LogP contribution in [-0.4, -0.2) is 32.1 Å². The zero-order valence-electron chi connectivity index (χ0n) is 12.9. The summed E-state index contributed by atoms with van der Waals surface area (Å²) in [5.74, 6) is 0.488. The van der Waals surface area contributed by atoms with Crippen molar-refractivity contribution in [1.29, 1.82) is 0 Å². The second-order valence-corrected chi connectivity index (χ2v) is 4.52. The lowest BCUT2D eigenvalue weighted by molar-refractivity contribution is 0.250. The molecule has 0 aliphatic rings. The van der Waals surface area contributed by atoms with E-state index < -0.39 is 0 Å². The average molecular weight is 276 g/mol. The first kappa shape index (κ1) is 16.0. The van der Waals surface area contributed by atoms with Crippen LogP contribution in [0.2, 0.25) is 0 Å². The Kier molecular flexibility index (Phi) is 6.03. The predicted molar refractivity (Wildman–Crippen MR) is 84.5 cm³/mol. The third-order valence-corrected chi connectivity index (χ3v) is 3.06. The molecule has 20 heavy (non-hydrogen) atoms. The van der Waals surface area contributed by atoms with E-state index in [0.717, 1.165) is 16.8 Å². The van der Waals surface area contributed by atoms with Crippen LogP contribution >= 0.6 is 0 Å². The molecule has 5 heteroatoms. The number of anilines is 1. The number of carbonyl (C=O) groups excluding carboxylic acids is 1. The molecule has 1 rings (SSSR count). The normalized spacial score (nSPS) is 11.2.